The van der Waals surface area contributed by atoms with Gasteiger partial charge in [-0.15, -0.1) is 0 Å². The number of amides is 1. The van der Waals surface area contributed by atoms with E-state index >= 15 is 0 Å². The molecule has 30 heavy (non-hydrogen) atoms. The molecular weight excluding hydrogens is 389 g/mol. The Labute approximate surface area is 176 Å². The number of nitrogens with zero attached hydrogens (tertiary/aromatic N) is 1. The molecule has 1 aliphatic heterocycles. The number of halogens is 3. The van der Waals surface area contributed by atoms with E-state index in [1.54, 1.807) is 32.0 Å². The van der Waals surface area contributed by atoms with Gasteiger partial charge < -0.3 is 0 Å². The highest BCUT2D eigenvalue weighted by molar-refractivity contribution is 5.89. The molecule has 1 heterocycles. The lowest BCUT2D eigenvalue weighted by molar-refractivity contribution is -0.203. The molecule has 2 aromatic rings. The Morgan fingerprint density at radius 3 is 2.30 bits per heavy atom. The summed E-state index contributed by atoms with van der Waals surface area (Å²) < 4.78 is 42.9. The molecule has 1 aliphatic rings. The number of fused-ring (bicyclic) bond motifs is 1. The van der Waals surface area contributed by atoms with Gasteiger partial charge in [-0.2, -0.15) is 18.2 Å². The molecule has 1 saturated heterocycles. The number of hydrogen-bond acceptors (Lipinski definition) is 2. The lowest BCUT2D eigenvalue weighted by atomic mass is 9.90. The van der Waals surface area contributed by atoms with Crippen LogP contribution in [0.15, 0.2) is 36.4 Å². The third kappa shape index (κ3) is 4.80. The first-order valence-electron chi connectivity index (χ1n) is 10.8. The van der Waals surface area contributed by atoms with Crippen molar-refractivity contribution in [2.24, 2.45) is 0 Å². The second-order valence-electron chi connectivity index (χ2n) is 8.86. The van der Waals surface area contributed by atoms with Crippen LogP contribution in [-0.2, 0) is 11.2 Å². The largest absolute Gasteiger partial charge is 0.409 e. The maximum absolute atomic E-state index is 14.3. The number of nitrogens with one attached hydrogen (secondary N) is 1. The van der Waals surface area contributed by atoms with Gasteiger partial charge in [-0.25, -0.2) is 0 Å². The average Bonchev–Trinajstić information content (AvgIpc) is 2.93. The summed E-state index contributed by atoms with van der Waals surface area (Å²) in [5.41, 5.74) is 2.79. The van der Waals surface area contributed by atoms with Gasteiger partial charge in [-0.05, 0) is 48.6 Å². The van der Waals surface area contributed by atoms with Gasteiger partial charge in [0.15, 0.2) is 6.04 Å². The molecule has 3 rings (SSSR count). The number of aryl methyl sites for hydroxylation is 1. The molecule has 3 nitrogen and oxygen atoms in total. The Kier molecular flexibility index (Phi) is 6.75. The molecule has 164 valence electrons. The van der Waals surface area contributed by atoms with Gasteiger partial charge in [-0.1, -0.05) is 69.0 Å². The van der Waals surface area contributed by atoms with Gasteiger partial charge in [-0.3, -0.25) is 10.2 Å². The van der Waals surface area contributed by atoms with E-state index in [0.29, 0.717) is 5.39 Å². The highest BCUT2D eigenvalue weighted by Crippen LogP contribution is 2.45. The lowest BCUT2D eigenvalue weighted by Crippen LogP contribution is -2.51. The quantitative estimate of drug-likeness (QED) is 0.496. The third-order valence-electron chi connectivity index (χ3n) is 5.95. The zero-order valence-corrected chi connectivity index (χ0v) is 18.0. The van der Waals surface area contributed by atoms with Crippen LogP contribution in [0.4, 0.5) is 13.2 Å². The third-order valence-corrected chi connectivity index (χ3v) is 5.95. The summed E-state index contributed by atoms with van der Waals surface area (Å²) in [6, 6.07) is 8.84. The van der Waals surface area contributed by atoms with Crippen LogP contribution in [0.1, 0.15) is 76.5 Å². The number of carbonyl (C=O) groups excluding carboxylic acids is 1. The molecular formula is C24H31F3N2O. The van der Waals surface area contributed by atoms with Crippen molar-refractivity contribution in [3.8, 4) is 0 Å². The Balaban J connectivity index is 1.99. The predicted octanol–water partition coefficient (Wildman–Crippen LogP) is 6.47. The molecule has 2 aromatic carbocycles. The van der Waals surface area contributed by atoms with E-state index in [-0.39, 0.29) is 17.9 Å². The smallest absolute Gasteiger partial charge is 0.287 e. The van der Waals surface area contributed by atoms with Crippen molar-refractivity contribution >= 4 is 16.7 Å². The topological polar surface area (TPSA) is 32.3 Å². The fourth-order valence-corrected chi connectivity index (χ4v) is 4.44. The van der Waals surface area contributed by atoms with Crippen LogP contribution in [0.2, 0.25) is 0 Å². The standard InChI is InChI=1S/C24H31F3N2O/c1-4-5-6-7-8-11-17-14-15-20(19-13-10-9-12-18(17)19)22(24(25,26)27)29-23(2,3)16-21(30)28-29/h9-10,12-15,22H,4-8,11,16H2,1-3H3,(H,28,30)/t22-/m0/s1. The summed E-state index contributed by atoms with van der Waals surface area (Å²) in [6.07, 6.45) is 2.10. The van der Waals surface area contributed by atoms with E-state index in [2.05, 4.69) is 12.3 Å². The van der Waals surface area contributed by atoms with E-state index in [9.17, 15) is 18.0 Å². The molecule has 1 N–H and O–H groups in total. The maximum Gasteiger partial charge on any atom is 0.409 e. The van der Waals surface area contributed by atoms with Crippen LogP contribution in [-0.4, -0.2) is 22.6 Å². The number of carbonyl (C=O) groups is 1. The van der Waals surface area contributed by atoms with Crippen LogP contribution in [0.5, 0.6) is 0 Å². The van der Waals surface area contributed by atoms with Gasteiger partial charge in [0.25, 0.3) is 0 Å². The van der Waals surface area contributed by atoms with Gasteiger partial charge >= 0.3 is 6.18 Å². The van der Waals surface area contributed by atoms with Crippen LogP contribution in [0.3, 0.4) is 0 Å². The summed E-state index contributed by atoms with van der Waals surface area (Å²) in [5.74, 6) is -0.387. The molecule has 0 unspecified atom stereocenters. The number of hydrazine groups is 1. The number of alkyl halides is 3. The van der Waals surface area contributed by atoms with Gasteiger partial charge in [0.05, 0.1) is 0 Å². The average molecular weight is 421 g/mol. The molecule has 0 bridgehead atoms. The zero-order valence-electron chi connectivity index (χ0n) is 18.0. The van der Waals surface area contributed by atoms with Crippen molar-refractivity contribution in [2.75, 3.05) is 0 Å². The number of rotatable bonds is 8. The highest BCUT2D eigenvalue weighted by Gasteiger charge is 2.53. The van der Waals surface area contributed by atoms with Crippen molar-refractivity contribution in [1.82, 2.24) is 10.4 Å². The minimum atomic E-state index is -4.53. The molecule has 0 spiro atoms. The molecule has 0 saturated carbocycles. The van der Waals surface area contributed by atoms with Crippen LogP contribution >= 0.6 is 0 Å². The van der Waals surface area contributed by atoms with Crippen molar-refractivity contribution in [3.05, 3.63) is 47.5 Å². The van der Waals surface area contributed by atoms with Gasteiger partial charge in [0.1, 0.15) is 0 Å². The lowest BCUT2D eigenvalue weighted by Gasteiger charge is -2.38. The van der Waals surface area contributed by atoms with Crippen LogP contribution in [0.25, 0.3) is 10.8 Å². The zero-order chi connectivity index (χ0) is 21.9. The predicted molar refractivity (Wildman–Crippen MR) is 114 cm³/mol. The molecule has 0 aromatic heterocycles. The summed E-state index contributed by atoms with van der Waals surface area (Å²) in [6.45, 7) is 5.50. The van der Waals surface area contributed by atoms with Crippen molar-refractivity contribution in [1.29, 1.82) is 0 Å². The second-order valence-corrected chi connectivity index (χ2v) is 8.86. The van der Waals surface area contributed by atoms with Crippen LogP contribution in [0, 0.1) is 0 Å². The van der Waals surface area contributed by atoms with Crippen molar-refractivity contribution < 1.29 is 18.0 Å². The summed E-state index contributed by atoms with van der Waals surface area (Å²) in [7, 11) is 0. The minimum absolute atomic E-state index is 0.0351. The molecule has 1 fully saturated rings. The Hall–Kier alpha value is -2.08. The van der Waals surface area contributed by atoms with E-state index in [1.807, 2.05) is 18.2 Å². The van der Waals surface area contributed by atoms with E-state index in [4.69, 9.17) is 0 Å². The maximum atomic E-state index is 14.3. The summed E-state index contributed by atoms with van der Waals surface area (Å²) in [4.78, 5) is 11.9. The first-order valence-corrected chi connectivity index (χ1v) is 10.8. The van der Waals surface area contributed by atoms with E-state index in [1.165, 1.54) is 19.3 Å². The SMILES string of the molecule is CCCCCCCc1ccc([C@H](N2NC(=O)CC2(C)C)C(F)(F)F)c2ccccc12. The molecule has 0 aliphatic carbocycles. The summed E-state index contributed by atoms with van der Waals surface area (Å²) >= 11 is 0. The number of unbranched alkanes of at least 4 members (excludes halogenated alkanes) is 4. The molecule has 6 heteroatoms. The first kappa shape index (κ1) is 22.6. The monoisotopic (exact) mass is 420 g/mol. The van der Waals surface area contributed by atoms with Crippen LogP contribution < -0.4 is 5.43 Å². The Bertz CT molecular complexity index is 892. The number of hydrogen-bond donors (Lipinski definition) is 1. The molecule has 0 radical (unpaired) electrons. The normalized spacial score (nSPS) is 18.0. The van der Waals surface area contributed by atoms with Gasteiger partial charge in [0.2, 0.25) is 5.91 Å². The van der Waals surface area contributed by atoms with E-state index in [0.717, 1.165) is 35.2 Å². The number of benzene rings is 2. The van der Waals surface area contributed by atoms with Crippen molar-refractivity contribution in [2.45, 2.75) is 83.5 Å². The Morgan fingerprint density at radius 1 is 1.03 bits per heavy atom. The van der Waals surface area contributed by atoms with E-state index < -0.39 is 17.8 Å². The molecule has 1 atom stereocenters. The van der Waals surface area contributed by atoms with Crippen molar-refractivity contribution in [3.63, 3.8) is 0 Å². The Morgan fingerprint density at radius 2 is 1.70 bits per heavy atom. The first-order chi connectivity index (χ1) is 14.1. The highest BCUT2D eigenvalue weighted by atomic mass is 19.4. The minimum Gasteiger partial charge on any atom is -0.287 e. The molecule has 1 amide bonds. The van der Waals surface area contributed by atoms with Gasteiger partial charge in [0, 0.05) is 12.0 Å². The summed E-state index contributed by atoms with van der Waals surface area (Å²) in [5, 5.41) is 2.55. The second kappa shape index (κ2) is 8.96. The fourth-order valence-electron chi connectivity index (χ4n) is 4.44. The fraction of sp³-hybridized carbons (Fsp3) is 0.542.